The third-order valence-corrected chi connectivity index (χ3v) is 6.39. The summed E-state index contributed by atoms with van der Waals surface area (Å²) >= 11 is 0. The van der Waals surface area contributed by atoms with Gasteiger partial charge < -0.3 is 14.6 Å². The van der Waals surface area contributed by atoms with Gasteiger partial charge in [-0.1, -0.05) is 18.2 Å². The van der Waals surface area contributed by atoms with Crippen molar-refractivity contribution < 1.29 is 4.74 Å². The molecule has 1 fully saturated rings. The number of rotatable bonds is 2. The van der Waals surface area contributed by atoms with Crippen LogP contribution in [0.2, 0.25) is 0 Å². The number of hydrogen-bond acceptors (Lipinski definition) is 3. The topological polar surface area (TPSA) is 31.5 Å². The van der Waals surface area contributed by atoms with Gasteiger partial charge in [-0.05, 0) is 60.3 Å². The molecule has 0 spiro atoms. The standard InChI is InChI=1S/C23H27N3O/c1-16-21-14-19(26-9-11-27-12-10-26)5-6-20(21)22(15-25(16)2)18-4-3-17-7-8-24-23(17)13-18/h3-8,13-14,16,22,24H,9-12,15H2,1-2H3. The van der Waals surface area contributed by atoms with Crippen LogP contribution in [0.25, 0.3) is 10.9 Å². The predicted octanol–water partition coefficient (Wildman–Crippen LogP) is 4.14. The van der Waals surface area contributed by atoms with E-state index >= 15 is 0 Å². The molecule has 3 heterocycles. The lowest BCUT2D eigenvalue weighted by Gasteiger charge is -2.39. The summed E-state index contributed by atoms with van der Waals surface area (Å²) in [6, 6.07) is 16.5. The summed E-state index contributed by atoms with van der Waals surface area (Å²) in [6.45, 7) is 6.99. The summed E-state index contributed by atoms with van der Waals surface area (Å²) in [5, 5.41) is 1.28. The molecule has 2 aliphatic heterocycles. The summed E-state index contributed by atoms with van der Waals surface area (Å²) in [4.78, 5) is 8.29. The molecule has 27 heavy (non-hydrogen) atoms. The van der Waals surface area contributed by atoms with Gasteiger partial charge in [0, 0.05) is 49.0 Å². The number of anilines is 1. The van der Waals surface area contributed by atoms with Crippen molar-refractivity contribution in [2.24, 2.45) is 0 Å². The zero-order valence-corrected chi connectivity index (χ0v) is 16.1. The van der Waals surface area contributed by atoms with Crippen LogP contribution in [-0.4, -0.2) is 49.8 Å². The summed E-state index contributed by atoms with van der Waals surface area (Å²) in [6.07, 6.45) is 2.02. The van der Waals surface area contributed by atoms with Crippen molar-refractivity contribution in [3.8, 4) is 0 Å². The molecule has 2 atom stereocenters. The van der Waals surface area contributed by atoms with Crippen LogP contribution in [-0.2, 0) is 4.74 Å². The van der Waals surface area contributed by atoms with Gasteiger partial charge in [0.15, 0.2) is 0 Å². The Labute approximate surface area is 160 Å². The molecule has 0 bridgehead atoms. The lowest BCUT2D eigenvalue weighted by Crippen LogP contribution is -2.37. The zero-order valence-electron chi connectivity index (χ0n) is 16.1. The minimum Gasteiger partial charge on any atom is -0.378 e. The summed E-state index contributed by atoms with van der Waals surface area (Å²) < 4.78 is 5.52. The number of aromatic amines is 1. The van der Waals surface area contributed by atoms with Crippen LogP contribution < -0.4 is 4.90 Å². The Kier molecular flexibility index (Phi) is 4.18. The van der Waals surface area contributed by atoms with E-state index in [2.05, 4.69) is 71.2 Å². The highest BCUT2D eigenvalue weighted by atomic mass is 16.5. The van der Waals surface area contributed by atoms with Crippen molar-refractivity contribution in [1.82, 2.24) is 9.88 Å². The largest absolute Gasteiger partial charge is 0.378 e. The molecule has 2 aliphatic rings. The zero-order chi connectivity index (χ0) is 18.4. The molecule has 1 aromatic heterocycles. The molecule has 0 radical (unpaired) electrons. The van der Waals surface area contributed by atoms with Crippen molar-refractivity contribution in [2.75, 3.05) is 44.8 Å². The first-order valence-electron chi connectivity index (χ1n) is 9.94. The van der Waals surface area contributed by atoms with E-state index in [9.17, 15) is 0 Å². The van der Waals surface area contributed by atoms with Crippen LogP contribution in [0.1, 0.15) is 35.6 Å². The van der Waals surface area contributed by atoms with E-state index < -0.39 is 0 Å². The third-order valence-electron chi connectivity index (χ3n) is 6.39. The van der Waals surface area contributed by atoms with E-state index in [1.165, 1.54) is 33.3 Å². The number of hydrogen-bond donors (Lipinski definition) is 1. The Morgan fingerprint density at radius 2 is 1.85 bits per heavy atom. The highest BCUT2D eigenvalue weighted by molar-refractivity contribution is 5.80. The Morgan fingerprint density at radius 1 is 1.00 bits per heavy atom. The van der Waals surface area contributed by atoms with Crippen LogP contribution in [0.15, 0.2) is 48.7 Å². The smallest absolute Gasteiger partial charge is 0.0642 e. The van der Waals surface area contributed by atoms with Crippen molar-refractivity contribution >= 4 is 16.6 Å². The fraction of sp³-hybridized carbons (Fsp3) is 0.391. The highest BCUT2D eigenvalue weighted by Crippen LogP contribution is 2.40. The maximum Gasteiger partial charge on any atom is 0.0642 e. The van der Waals surface area contributed by atoms with E-state index in [1.807, 2.05) is 6.20 Å². The number of ether oxygens (including phenoxy) is 1. The van der Waals surface area contributed by atoms with E-state index in [4.69, 9.17) is 4.74 Å². The molecular formula is C23H27N3O. The fourth-order valence-electron chi connectivity index (χ4n) is 4.61. The highest BCUT2D eigenvalue weighted by Gasteiger charge is 2.30. The minimum atomic E-state index is 0.410. The number of aromatic nitrogens is 1. The van der Waals surface area contributed by atoms with Gasteiger partial charge in [0.25, 0.3) is 0 Å². The molecule has 2 unspecified atom stereocenters. The second-order valence-corrected chi connectivity index (χ2v) is 7.91. The molecule has 1 N–H and O–H groups in total. The number of likely N-dealkylation sites (N-methyl/N-ethyl adjacent to an activating group) is 1. The van der Waals surface area contributed by atoms with Crippen LogP contribution in [0.4, 0.5) is 5.69 Å². The molecule has 1 saturated heterocycles. The van der Waals surface area contributed by atoms with E-state index in [-0.39, 0.29) is 0 Å². The first kappa shape index (κ1) is 16.8. The molecule has 0 saturated carbocycles. The van der Waals surface area contributed by atoms with Gasteiger partial charge in [-0.3, -0.25) is 4.90 Å². The number of H-pyrrole nitrogens is 1. The maximum atomic E-state index is 5.52. The summed E-state index contributed by atoms with van der Waals surface area (Å²) in [7, 11) is 2.25. The fourth-order valence-corrected chi connectivity index (χ4v) is 4.61. The van der Waals surface area contributed by atoms with E-state index in [1.54, 1.807) is 0 Å². The van der Waals surface area contributed by atoms with Gasteiger partial charge in [-0.15, -0.1) is 0 Å². The van der Waals surface area contributed by atoms with Gasteiger partial charge in [0.1, 0.15) is 0 Å². The molecule has 0 aliphatic carbocycles. The van der Waals surface area contributed by atoms with Crippen LogP contribution in [0, 0.1) is 0 Å². The molecule has 4 nitrogen and oxygen atoms in total. The normalized spacial score (nSPS) is 23.6. The molecule has 2 aromatic carbocycles. The van der Waals surface area contributed by atoms with Gasteiger partial charge >= 0.3 is 0 Å². The van der Waals surface area contributed by atoms with Gasteiger partial charge in [0.2, 0.25) is 0 Å². The lowest BCUT2D eigenvalue weighted by atomic mass is 9.81. The van der Waals surface area contributed by atoms with Crippen molar-refractivity contribution in [2.45, 2.75) is 18.9 Å². The van der Waals surface area contributed by atoms with Crippen LogP contribution in [0.5, 0.6) is 0 Å². The van der Waals surface area contributed by atoms with Gasteiger partial charge in [0.05, 0.1) is 13.2 Å². The maximum absolute atomic E-state index is 5.52. The molecule has 3 aromatic rings. The second-order valence-electron chi connectivity index (χ2n) is 7.91. The summed E-state index contributed by atoms with van der Waals surface area (Å²) in [5.41, 5.74) is 6.88. The Bertz CT molecular complexity index is 957. The van der Waals surface area contributed by atoms with Crippen molar-refractivity contribution in [1.29, 1.82) is 0 Å². The average Bonchev–Trinajstić information content (AvgIpc) is 3.19. The molecular weight excluding hydrogens is 334 g/mol. The SMILES string of the molecule is CC1c2cc(N3CCOCC3)ccc2C(c2ccc3cc[nH]c3c2)CN1C. The van der Waals surface area contributed by atoms with Gasteiger partial charge in [-0.25, -0.2) is 0 Å². The number of benzene rings is 2. The van der Waals surface area contributed by atoms with E-state index in [0.717, 1.165) is 32.8 Å². The average molecular weight is 361 g/mol. The van der Waals surface area contributed by atoms with Gasteiger partial charge in [-0.2, -0.15) is 0 Å². The Morgan fingerprint density at radius 3 is 2.70 bits per heavy atom. The first-order chi connectivity index (χ1) is 13.2. The quantitative estimate of drug-likeness (QED) is 0.744. The Balaban J connectivity index is 1.56. The number of nitrogens with one attached hydrogen (secondary N) is 1. The summed E-state index contributed by atoms with van der Waals surface area (Å²) in [5.74, 6) is 0.410. The van der Waals surface area contributed by atoms with Crippen LogP contribution >= 0.6 is 0 Å². The number of morpholine rings is 1. The predicted molar refractivity (Wildman–Crippen MR) is 111 cm³/mol. The number of nitrogens with zero attached hydrogens (tertiary/aromatic N) is 2. The minimum absolute atomic E-state index is 0.410. The molecule has 140 valence electrons. The van der Waals surface area contributed by atoms with Crippen molar-refractivity contribution in [3.63, 3.8) is 0 Å². The molecule has 5 rings (SSSR count). The Hall–Kier alpha value is -2.30. The second kappa shape index (κ2) is 6.70. The van der Waals surface area contributed by atoms with Crippen LogP contribution in [0.3, 0.4) is 0 Å². The molecule has 4 heteroatoms. The number of fused-ring (bicyclic) bond motifs is 2. The van der Waals surface area contributed by atoms with E-state index in [0.29, 0.717) is 12.0 Å². The molecule has 0 amide bonds. The lowest BCUT2D eigenvalue weighted by molar-refractivity contribution is 0.122. The monoisotopic (exact) mass is 361 g/mol. The third kappa shape index (κ3) is 2.93. The van der Waals surface area contributed by atoms with Crippen molar-refractivity contribution in [3.05, 3.63) is 65.4 Å². The first-order valence-corrected chi connectivity index (χ1v) is 9.94.